The number of rotatable bonds is 9. The number of hydrogen-bond acceptors (Lipinski definition) is 5. The van der Waals surface area contributed by atoms with Gasteiger partial charge in [-0.05, 0) is 54.8 Å². The van der Waals surface area contributed by atoms with Crippen LogP contribution in [-0.2, 0) is 20.6 Å². The van der Waals surface area contributed by atoms with Crippen LogP contribution in [0.3, 0.4) is 0 Å². The van der Waals surface area contributed by atoms with E-state index in [1.54, 1.807) is 31.4 Å². The van der Waals surface area contributed by atoms with E-state index in [9.17, 15) is 17.6 Å². The molecule has 2 aromatic carbocycles. The number of sulfonamides is 1. The Balaban J connectivity index is 1.39. The Morgan fingerprint density at radius 2 is 1.68 bits per heavy atom. The molecule has 0 saturated carbocycles. The fraction of sp³-hybridized carbons (Fsp3) is 0.409. The number of amides is 1. The fourth-order valence-electron chi connectivity index (χ4n) is 3.44. The Morgan fingerprint density at radius 3 is 2.29 bits per heavy atom. The van der Waals surface area contributed by atoms with Crippen molar-refractivity contribution in [1.29, 1.82) is 0 Å². The third-order valence-corrected chi connectivity index (χ3v) is 7.06. The molecule has 0 spiro atoms. The Bertz CT molecular complexity index is 956. The highest BCUT2D eigenvalue weighted by Gasteiger charge is 2.31. The maximum atomic E-state index is 13.0. The second kappa shape index (κ2) is 10.6. The molecule has 0 unspecified atom stereocenters. The number of carbonyl (C=O) groups excluding carboxylic acids is 1. The molecule has 0 aromatic heterocycles. The van der Waals surface area contributed by atoms with Crippen molar-refractivity contribution in [3.63, 3.8) is 0 Å². The molecule has 7 nitrogen and oxygen atoms in total. The number of ether oxygens (including phenoxy) is 2. The third-order valence-electron chi connectivity index (χ3n) is 5.21. The maximum Gasteiger partial charge on any atom is 0.223 e. The van der Waals surface area contributed by atoms with Crippen LogP contribution in [0.25, 0.3) is 0 Å². The van der Waals surface area contributed by atoms with Gasteiger partial charge in [-0.1, -0.05) is 12.1 Å². The van der Waals surface area contributed by atoms with Crippen molar-refractivity contribution in [2.45, 2.75) is 18.6 Å². The van der Waals surface area contributed by atoms with Crippen LogP contribution in [-0.4, -0.2) is 52.0 Å². The minimum absolute atomic E-state index is 0.0890. The molecule has 1 fully saturated rings. The van der Waals surface area contributed by atoms with Gasteiger partial charge in [-0.25, -0.2) is 17.1 Å². The monoisotopic (exact) mass is 450 g/mol. The van der Waals surface area contributed by atoms with E-state index in [1.807, 2.05) is 0 Å². The summed E-state index contributed by atoms with van der Waals surface area (Å²) in [5, 5.41) is 2.85. The van der Waals surface area contributed by atoms with Gasteiger partial charge in [0, 0.05) is 19.0 Å². The van der Waals surface area contributed by atoms with Crippen LogP contribution >= 0.6 is 0 Å². The van der Waals surface area contributed by atoms with Crippen LogP contribution in [0.1, 0.15) is 18.4 Å². The van der Waals surface area contributed by atoms with E-state index in [1.165, 1.54) is 28.6 Å². The average molecular weight is 451 g/mol. The van der Waals surface area contributed by atoms with Gasteiger partial charge in [-0.15, -0.1) is 0 Å². The van der Waals surface area contributed by atoms with Crippen LogP contribution in [0.5, 0.6) is 11.5 Å². The second-order valence-electron chi connectivity index (χ2n) is 7.37. The molecule has 9 heteroatoms. The van der Waals surface area contributed by atoms with Crippen LogP contribution < -0.4 is 14.8 Å². The number of nitrogens with zero attached hydrogens (tertiary/aromatic N) is 1. The van der Waals surface area contributed by atoms with Crippen molar-refractivity contribution in [3.8, 4) is 11.5 Å². The summed E-state index contributed by atoms with van der Waals surface area (Å²) in [7, 11) is -1.91. The van der Waals surface area contributed by atoms with Crippen molar-refractivity contribution < 1.29 is 27.1 Å². The Morgan fingerprint density at radius 1 is 1.06 bits per heavy atom. The Hall–Kier alpha value is -2.65. The third kappa shape index (κ3) is 6.67. The molecule has 1 amide bonds. The second-order valence-corrected chi connectivity index (χ2v) is 9.34. The number of benzene rings is 2. The Labute approximate surface area is 182 Å². The van der Waals surface area contributed by atoms with Gasteiger partial charge in [-0.3, -0.25) is 4.79 Å². The van der Waals surface area contributed by atoms with Gasteiger partial charge in [0.2, 0.25) is 15.9 Å². The van der Waals surface area contributed by atoms with E-state index < -0.39 is 15.8 Å². The van der Waals surface area contributed by atoms with Crippen LogP contribution in [0.2, 0.25) is 0 Å². The summed E-state index contributed by atoms with van der Waals surface area (Å²) >= 11 is 0. The molecule has 1 N–H and O–H groups in total. The smallest absolute Gasteiger partial charge is 0.223 e. The van der Waals surface area contributed by atoms with Crippen molar-refractivity contribution in [2.75, 3.05) is 33.4 Å². The summed E-state index contributed by atoms with van der Waals surface area (Å²) in [4.78, 5) is 12.4. The maximum absolute atomic E-state index is 13.0. The summed E-state index contributed by atoms with van der Waals surface area (Å²) in [6.45, 7) is 1.30. The van der Waals surface area contributed by atoms with Crippen molar-refractivity contribution in [2.24, 2.45) is 5.92 Å². The van der Waals surface area contributed by atoms with Crippen molar-refractivity contribution in [3.05, 3.63) is 59.9 Å². The highest BCUT2D eigenvalue weighted by atomic mass is 32.2. The van der Waals surface area contributed by atoms with Gasteiger partial charge < -0.3 is 14.8 Å². The van der Waals surface area contributed by atoms with E-state index >= 15 is 0 Å². The van der Waals surface area contributed by atoms with Crippen LogP contribution in [0.15, 0.2) is 48.5 Å². The van der Waals surface area contributed by atoms with Gasteiger partial charge in [0.25, 0.3) is 0 Å². The first-order valence-electron chi connectivity index (χ1n) is 10.1. The van der Waals surface area contributed by atoms with E-state index in [4.69, 9.17) is 9.47 Å². The van der Waals surface area contributed by atoms with Gasteiger partial charge in [0.15, 0.2) is 0 Å². The molecule has 1 saturated heterocycles. The Kier molecular flexibility index (Phi) is 7.86. The highest BCUT2D eigenvalue weighted by Crippen LogP contribution is 2.22. The lowest BCUT2D eigenvalue weighted by Crippen LogP contribution is -2.43. The molecule has 31 heavy (non-hydrogen) atoms. The molecule has 1 heterocycles. The lowest BCUT2D eigenvalue weighted by atomic mass is 9.97. The molecular weight excluding hydrogens is 423 g/mol. The summed E-state index contributed by atoms with van der Waals surface area (Å²) in [6, 6.07) is 12.6. The largest absolute Gasteiger partial charge is 0.497 e. The van der Waals surface area contributed by atoms with E-state index in [2.05, 4.69) is 5.32 Å². The minimum Gasteiger partial charge on any atom is -0.497 e. The predicted molar refractivity (Wildman–Crippen MR) is 115 cm³/mol. The topological polar surface area (TPSA) is 84.9 Å². The van der Waals surface area contributed by atoms with Crippen LogP contribution in [0, 0.1) is 11.7 Å². The number of hydrogen-bond donors (Lipinski definition) is 1. The van der Waals surface area contributed by atoms with Gasteiger partial charge in [0.1, 0.15) is 23.9 Å². The summed E-state index contributed by atoms with van der Waals surface area (Å²) in [5.41, 5.74) is 0.540. The van der Waals surface area contributed by atoms with Gasteiger partial charge >= 0.3 is 0 Å². The lowest BCUT2D eigenvalue weighted by molar-refractivity contribution is -0.126. The molecule has 0 radical (unpaired) electrons. The molecule has 0 bridgehead atoms. The van der Waals surface area contributed by atoms with Gasteiger partial charge in [-0.2, -0.15) is 0 Å². The highest BCUT2D eigenvalue weighted by molar-refractivity contribution is 7.88. The zero-order valence-corrected chi connectivity index (χ0v) is 18.2. The SMILES string of the molecule is COc1ccc(OCCNC(=O)C2CCN(S(=O)(=O)Cc3ccc(F)cc3)CC2)cc1. The quantitative estimate of drug-likeness (QED) is 0.594. The van der Waals surface area contributed by atoms with Crippen molar-refractivity contribution >= 4 is 15.9 Å². The molecule has 1 aliphatic heterocycles. The number of carbonyl (C=O) groups is 1. The van der Waals surface area contributed by atoms with Crippen LogP contribution in [0.4, 0.5) is 4.39 Å². The first-order valence-corrected chi connectivity index (χ1v) is 11.7. The first kappa shape index (κ1) is 23.0. The number of nitrogens with one attached hydrogen (secondary N) is 1. The first-order chi connectivity index (χ1) is 14.9. The van der Waals surface area contributed by atoms with Gasteiger partial charge in [0.05, 0.1) is 19.4 Å². The van der Waals surface area contributed by atoms with Crippen molar-refractivity contribution in [1.82, 2.24) is 9.62 Å². The molecule has 1 aliphatic rings. The molecule has 3 rings (SSSR count). The molecule has 168 valence electrons. The fourth-order valence-corrected chi connectivity index (χ4v) is 5.00. The number of halogens is 1. The zero-order valence-electron chi connectivity index (χ0n) is 17.4. The lowest BCUT2D eigenvalue weighted by Gasteiger charge is -2.30. The van der Waals surface area contributed by atoms with E-state index in [0.29, 0.717) is 50.4 Å². The standard InChI is InChI=1S/C22H27FN2O5S/c1-29-20-6-8-21(9-7-20)30-15-12-24-22(26)18-10-13-25(14-11-18)31(27,28)16-17-2-4-19(23)5-3-17/h2-9,18H,10-16H2,1H3,(H,24,26). The molecule has 0 aliphatic carbocycles. The predicted octanol–water partition coefficient (Wildman–Crippen LogP) is 2.57. The average Bonchev–Trinajstić information content (AvgIpc) is 2.78. The number of methoxy groups -OCH3 is 1. The van der Waals surface area contributed by atoms with E-state index in [-0.39, 0.29) is 17.6 Å². The molecule has 2 aromatic rings. The molecule has 0 atom stereocenters. The molecular formula is C22H27FN2O5S. The summed E-state index contributed by atoms with van der Waals surface area (Å²) in [5.74, 6) is 0.545. The van der Waals surface area contributed by atoms with E-state index in [0.717, 1.165) is 5.75 Å². The normalized spacial score (nSPS) is 15.4. The number of piperidine rings is 1. The minimum atomic E-state index is -3.50. The summed E-state index contributed by atoms with van der Waals surface area (Å²) in [6.07, 6.45) is 0.932. The zero-order chi connectivity index (χ0) is 22.3. The summed E-state index contributed by atoms with van der Waals surface area (Å²) < 4.78 is 50.3.